The predicted octanol–water partition coefficient (Wildman–Crippen LogP) is 5.70. The number of hydrogen-bond acceptors (Lipinski definition) is 3. The van der Waals surface area contributed by atoms with E-state index in [0.29, 0.717) is 13.0 Å². The van der Waals surface area contributed by atoms with Gasteiger partial charge in [-0.2, -0.15) is 0 Å². The molecule has 0 radical (unpaired) electrons. The van der Waals surface area contributed by atoms with Gasteiger partial charge in [0, 0.05) is 6.42 Å². The van der Waals surface area contributed by atoms with E-state index in [9.17, 15) is 9.59 Å². The standard InChI is InChI=1S/C22H41NO3/c1-3-5-6-7-8-9-10-11-12-13-14-15-16-17-18-19-21(24)23-20-22(25)26-4-2/h12-13H,3-11,14-20H2,1-2H3,(H,23,24)/b13-12-. The molecule has 1 amide bonds. The maximum atomic E-state index is 11.6. The number of esters is 1. The topological polar surface area (TPSA) is 55.4 Å². The van der Waals surface area contributed by atoms with Gasteiger partial charge in [-0.25, -0.2) is 0 Å². The van der Waals surface area contributed by atoms with Crippen molar-refractivity contribution in [1.82, 2.24) is 5.32 Å². The van der Waals surface area contributed by atoms with E-state index in [0.717, 1.165) is 25.7 Å². The summed E-state index contributed by atoms with van der Waals surface area (Å²) in [4.78, 5) is 22.7. The number of hydrogen-bond donors (Lipinski definition) is 1. The summed E-state index contributed by atoms with van der Waals surface area (Å²) in [7, 11) is 0. The average Bonchev–Trinajstić information content (AvgIpc) is 2.63. The first kappa shape index (κ1) is 24.7. The molecule has 0 bridgehead atoms. The normalized spacial score (nSPS) is 11.0. The van der Waals surface area contributed by atoms with Crippen LogP contribution in [0.25, 0.3) is 0 Å². The fraction of sp³-hybridized carbons (Fsp3) is 0.818. The fourth-order valence-electron chi connectivity index (χ4n) is 2.83. The molecule has 0 aromatic carbocycles. The van der Waals surface area contributed by atoms with Crippen molar-refractivity contribution in [3.63, 3.8) is 0 Å². The van der Waals surface area contributed by atoms with Crippen LogP contribution in [0.2, 0.25) is 0 Å². The zero-order valence-electron chi connectivity index (χ0n) is 17.2. The summed E-state index contributed by atoms with van der Waals surface area (Å²) in [6.07, 6.45) is 21.4. The van der Waals surface area contributed by atoms with Crippen molar-refractivity contribution in [2.75, 3.05) is 13.2 Å². The predicted molar refractivity (Wildman–Crippen MR) is 109 cm³/mol. The third-order valence-electron chi connectivity index (χ3n) is 4.40. The quantitative estimate of drug-likeness (QED) is 0.192. The Balaban J connectivity index is 3.27. The number of carbonyl (C=O) groups is 2. The lowest BCUT2D eigenvalue weighted by atomic mass is 10.1. The second-order valence-corrected chi connectivity index (χ2v) is 6.92. The Morgan fingerprint density at radius 1 is 0.769 bits per heavy atom. The number of rotatable bonds is 18. The third kappa shape index (κ3) is 19.0. The van der Waals surface area contributed by atoms with Crippen LogP contribution in [0, 0.1) is 0 Å². The van der Waals surface area contributed by atoms with E-state index in [-0.39, 0.29) is 18.4 Å². The van der Waals surface area contributed by atoms with Gasteiger partial charge in [-0.15, -0.1) is 0 Å². The van der Waals surface area contributed by atoms with Crippen molar-refractivity contribution in [2.45, 2.75) is 104 Å². The summed E-state index contributed by atoms with van der Waals surface area (Å²) < 4.78 is 4.76. The first-order valence-corrected chi connectivity index (χ1v) is 10.8. The molecule has 0 saturated heterocycles. The van der Waals surface area contributed by atoms with Crippen LogP contribution in [0.4, 0.5) is 0 Å². The number of carbonyl (C=O) groups excluding carboxylic acids is 2. The first-order valence-electron chi connectivity index (χ1n) is 10.8. The monoisotopic (exact) mass is 367 g/mol. The summed E-state index contributed by atoms with van der Waals surface area (Å²) in [5.41, 5.74) is 0. The van der Waals surface area contributed by atoms with Crippen LogP contribution in [0.5, 0.6) is 0 Å². The molecule has 1 N–H and O–H groups in total. The molecule has 0 aliphatic heterocycles. The van der Waals surface area contributed by atoms with Gasteiger partial charge in [0.1, 0.15) is 6.54 Å². The van der Waals surface area contributed by atoms with Gasteiger partial charge < -0.3 is 10.1 Å². The largest absolute Gasteiger partial charge is 0.465 e. The van der Waals surface area contributed by atoms with E-state index in [1.807, 2.05) is 0 Å². The Morgan fingerprint density at radius 3 is 1.88 bits per heavy atom. The molecule has 26 heavy (non-hydrogen) atoms. The number of allylic oxidation sites excluding steroid dienone is 2. The molecule has 4 heteroatoms. The van der Waals surface area contributed by atoms with Gasteiger partial charge in [0.25, 0.3) is 0 Å². The molecule has 0 fully saturated rings. The minimum Gasteiger partial charge on any atom is -0.465 e. The van der Waals surface area contributed by atoms with E-state index in [1.54, 1.807) is 6.92 Å². The van der Waals surface area contributed by atoms with E-state index in [1.165, 1.54) is 57.8 Å². The molecule has 152 valence electrons. The molecule has 0 unspecified atom stereocenters. The SMILES string of the molecule is CCCCCCCCC/C=C\CCCCCCC(=O)NCC(=O)OCC. The first-order chi connectivity index (χ1) is 12.7. The highest BCUT2D eigenvalue weighted by Crippen LogP contribution is 2.10. The van der Waals surface area contributed by atoms with E-state index >= 15 is 0 Å². The summed E-state index contributed by atoms with van der Waals surface area (Å²) in [5.74, 6) is -0.434. The summed E-state index contributed by atoms with van der Waals surface area (Å²) in [6, 6.07) is 0. The van der Waals surface area contributed by atoms with Crippen LogP contribution >= 0.6 is 0 Å². The van der Waals surface area contributed by atoms with Crippen molar-refractivity contribution in [3.8, 4) is 0 Å². The third-order valence-corrected chi connectivity index (χ3v) is 4.40. The molecule has 0 aliphatic carbocycles. The molecule has 0 rings (SSSR count). The molecule has 0 aromatic heterocycles. The number of nitrogens with one attached hydrogen (secondary N) is 1. The van der Waals surface area contributed by atoms with Gasteiger partial charge in [0.15, 0.2) is 0 Å². The van der Waals surface area contributed by atoms with Crippen molar-refractivity contribution in [3.05, 3.63) is 12.2 Å². The Morgan fingerprint density at radius 2 is 1.31 bits per heavy atom. The van der Waals surface area contributed by atoms with Crippen LogP contribution in [0.1, 0.15) is 104 Å². The fourth-order valence-corrected chi connectivity index (χ4v) is 2.83. The van der Waals surface area contributed by atoms with Crippen LogP contribution in [-0.2, 0) is 14.3 Å². The molecule has 4 nitrogen and oxygen atoms in total. The minimum atomic E-state index is -0.371. The highest BCUT2D eigenvalue weighted by Gasteiger charge is 2.05. The molecular weight excluding hydrogens is 326 g/mol. The molecule has 0 aromatic rings. The zero-order valence-corrected chi connectivity index (χ0v) is 17.2. The summed E-state index contributed by atoms with van der Waals surface area (Å²) >= 11 is 0. The van der Waals surface area contributed by atoms with Gasteiger partial charge in [-0.1, -0.05) is 70.4 Å². The van der Waals surface area contributed by atoms with Crippen LogP contribution in [0.15, 0.2) is 12.2 Å². The van der Waals surface area contributed by atoms with Crippen LogP contribution in [-0.4, -0.2) is 25.0 Å². The highest BCUT2D eigenvalue weighted by atomic mass is 16.5. The molecule has 0 heterocycles. The van der Waals surface area contributed by atoms with E-state index < -0.39 is 0 Å². The molecular formula is C22H41NO3. The Hall–Kier alpha value is -1.32. The van der Waals surface area contributed by atoms with Gasteiger partial charge in [0.05, 0.1) is 6.61 Å². The van der Waals surface area contributed by atoms with Crippen molar-refractivity contribution < 1.29 is 14.3 Å². The van der Waals surface area contributed by atoms with Crippen molar-refractivity contribution >= 4 is 11.9 Å². The van der Waals surface area contributed by atoms with Gasteiger partial charge >= 0.3 is 5.97 Å². The number of unbranched alkanes of at least 4 members (excludes halogenated alkanes) is 11. The highest BCUT2D eigenvalue weighted by molar-refractivity contribution is 5.81. The molecule has 0 aliphatic rings. The molecule has 0 saturated carbocycles. The van der Waals surface area contributed by atoms with Crippen LogP contribution in [0.3, 0.4) is 0 Å². The summed E-state index contributed by atoms with van der Waals surface area (Å²) in [6.45, 7) is 4.35. The van der Waals surface area contributed by atoms with Crippen molar-refractivity contribution in [2.24, 2.45) is 0 Å². The maximum absolute atomic E-state index is 11.6. The average molecular weight is 368 g/mol. The molecule has 0 atom stereocenters. The lowest BCUT2D eigenvalue weighted by molar-refractivity contribution is -0.143. The second-order valence-electron chi connectivity index (χ2n) is 6.92. The van der Waals surface area contributed by atoms with E-state index in [4.69, 9.17) is 4.74 Å². The number of ether oxygens (including phenoxy) is 1. The second kappa shape index (κ2) is 20.0. The minimum absolute atomic E-state index is 0.0177. The van der Waals surface area contributed by atoms with Crippen molar-refractivity contribution in [1.29, 1.82) is 0 Å². The van der Waals surface area contributed by atoms with E-state index in [2.05, 4.69) is 24.4 Å². The number of amides is 1. The Labute approximate surface area is 161 Å². The lowest BCUT2D eigenvalue weighted by Gasteiger charge is -2.04. The maximum Gasteiger partial charge on any atom is 0.325 e. The van der Waals surface area contributed by atoms with Gasteiger partial charge in [-0.05, 0) is 39.0 Å². The van der Waals surface area contributed by atoms with Crippen LogP contribution < -0.4 is 5.32 Å². The van der Waals surface area contributed by atoms with Gasteiger partial charge in [-0.3, -0.25) is 9.59 Å². The lowest BCUT2D eigenvalue weighted by Crippen LogP contribution is -2.30. The molecule has 0 spiro atoms. The zero-order chi connectivity index (χ0) is 19.3. The Bertz CT molecular complexity index is 366. The smallest absolute Gasteiger partial charge is 0.325 e. The van der Waals surface area contributed by atoms with Gasteiger partial charge in [0.2, 0.25) is 5.91 Å². The summed E-state index contributed by atoms with van der Waals surface area (Å²) in [5, 5.41) is 2.59. The Kier molecular flexibility index (Phi) is 19.0.